The molecule has 0 spiro atoms. The van der Waals surface area contributed by atoms with Crippen molar-refractivity contribution in [2.75, 3.05) is 5.32 Å². The number of pyridine rings is 1. The highest BCUT2D eigenvalue weighted by Crippen LogP contribution is 2.27. The van der Waals surface area contributed by atoms with Crippen molar-refractivity contribution in [1.82, 2.24) is 4.98 Å². The quantitative estimate of drug-likeness (QED) is 0.903. The number of rotatable bonds is 4. The zero-order valence-corrected chi connectivity index (χ0v) is 11.7. The molecule has 1 heterocycles. The van der Waals surface area contributed by atoms with E-state index >= 15 is 0 Å². The Morgan fingerprint density at radius 3 is 2.84 bits per heavy atom. The zero-order valence-electron chi connectivity index (χ0n) is 10.9. The van der Waals surface area contributed by atoms with Gasteiger partial charge in [0, 0.05) is 34.3 Å². The summed E-state index contributed by atoms with van der Waals surface area (Å²) in [5, 5.41) is 4.94. The van der Waals surface area contributed by atoms with Crippen LogP contribution in [0.25, 0.3) is 10.9 Å². The van der Waals surface area contributed by atoms with E-state index < -0.39 is 5.54 Å². The Labute approximate surface area is 117 Å². The van der Waals surface area contributed by atoms with Crippen molar-refractivity contribution in [2.24, 2.45) is 5.73 Å². The maximum absolute atomic E-state index is 11.1. The van der Waals surface area contributed by atoms with Crippen molar-refractivity contribution in [3.05, 3.63) is 35.5 Å². The summed E-state index contributed by atoms with van der Waals surface area (Å²) in [5.74, 6) is -0.334. The predicted octanol–water partition coefficient (Wildman–Crippen LogP) is 2.95. The van der Waals surface area contributed by atoms with Gasteiger partial charge in [0.05, 0.1) is 5.52 Å². The number of aromatic nitrogens is 1. The second-order valence-electron chi connectivity index (χ2n) is 5.17. The highest BCUT2D eigenvalue weighted by molar-refractivity contribution is 6.31. The van der Waals surface area contributed by atoms with Gasteiger partial charge in [-0.3, -0.25) is 9.78 Å². The number of amides is 1. The van der Waals surface area contributed by atoms with Crippen LogP contribution in [0.2, 0.25) is 5.02 Å². The summed E-state index contributed by atoms with van der Waals surface area (Å²) >= 11 is 5.95. The minimum absolute atomic E-state index is 0.254. The Kier molecular flexibility index (Phi) is 3.62. The molecule has 1 amide bonds. The molecule has 0 bridgehead atoms. The van der Waals surface area contributed by atoms with Gasteiger partial charge in [0.15, 0.2) is 0 Å². The maximum Gasteiger partial charge on any atom is 0.219 e. The van der Waals surface area contributed by atoms with Crippen LogP contribution >= 0.6 is 11.6 Å². The molecular formula is C14H16ClN3O. The summed E-state index contributed by atoms with van der Waals surface area (Å²) < 4.78 is 0. The van der Waals surface area contributed by atoms with Crippen LogP contribution in [0.1, 0.15) is 20.3 Å². The third-order valence-corrected chi connectivity index (χ3v) is 3.03. The fraction of sp³-hybridized carbons (Fsp3) is 0.286. The predicted molar refractivity (Wildman–Crippen MR) is 78.3 cm³/mol. The molecule has 4 nitrogen and oxygen atoms in total. The number of benzene rings is 1. The monoisotopic (exact) mass is 277 g/mol. The van der Waals surface area contributed by atoms with Crippen molar-refractivity contribution < 1.29 is 4.79 Å². The Morgan fingerprint density at radius 2 is 2.16 bits per heavy atom. The molecule has 2 aromatic rings. The smallest absolute Gasteiger partial charge is 0.219 e. The lowest BCUT2D eigenvalue weighted by Gasteiger charge is -2.26. The minimum atomic E-state index is -0.417. The maximum atomic E-state index is 11.1. The van der Waals surface area contributed by atoms with E-state index in [9.17, 15) is 4.79 Å². The van der Waals surface area contributed by atoms with E-state index in [1.807, 2.05) is 38.1 Å². The van der Waals surface area contributed by atoms with Gasteiger partial charge in [-0.15, -0.1) is 0 Å². The van der Waals surface area contributed by atoms with Gasteiger partial charge in [-0.2, -0.15) is 0 Å². The summed E-state index contributed by atoms with van der Waals surface area (Å²) in [6.45, 7) is 3.86. The number of hydrogen-bond donors (Lipinski definition) is 2. The molecule has 0 aliphatic rings. The second-order valence-corrected chi connectivity index (χ2v) is 5.61. The number of hydrogen-bond acceptors (Lipinski definition) is 3. The molecule has 0 unspecified atom stereocenters. The van der Waals surface area contributed by atoms with E-state index in [-0.39, 0.29) is 12.3 Å². The van der Waals surface area contributed by atoms with Gasteiger partial charge in [-0.25, -0.2) is 0 Å². The van der Waals surface area contributed by atoms with Crippen LogP contribution in [0.5, 0.6) is 0 Å². The molecule has 1 aromatic carbocycles. The molecule has 1 aromatic heterocycles. The molecule has 0 fully saturated rings. The van der Waals surface area contributed by atoms with Crippen molar-refractivity contribution in [2.45, 2.75) is 25.8 Å². The average molecular weight is 278 g/mol. The average Bonchev–Trinajstić information content (AvgIpc) is 2.26. The van der Waals surface area contributed by atoms with E-state index in [0.29, 0.717) is 5.02 Å². The number of carbonyl (C=O) groups excluding carboxylic acids is 1. The first kappa shape index (κ1) is 13.6. The van der Waals surface area contributed by atoms with Crippen molar-refractivity contribution in [3.63, 3.8) is 0 Å². The summed E-state index contributed by atoms with van der Waals surface area (Å²) in [4.78, 5) is 15.3. The molecule has 0 saturated carbocycles. The molecule has 100 valence electrons. The van der Waals surface area contributed by atoms with Crippen LogP contribution < -0.4 is 11.1 Å². The first-order valence-corrected chi connectivity index (χ1v) is 6.36. The summed E-state index contributed by atoms with van der Waals surface area (Å²) in [5.41, 5.74) is 6.56. The van der Waals surface area contributed by atoms with E-state index in [1.165, 1.54) is 0 Å². The summed E-state index contributed by atoms with van der Waals surface area (Å²) in [7, 11) is 0. The topological polar surface area (TPSA) is 68.0 Å². The number of nitrogens with zero attached hydrogens (tertiary/aromatic N) is 1. The van der Waals surface area contributed by atoms with E-state index in [0.717, 1.165) is 16.6 Å². The molecule has 3 N–H and O–H groups in total. The summed E-state index contributed by atoms with van der Waals surface area (Å²) in [6, 6.07) is 7.41. The highest BCUT2D eigenvalue weighted by Gasteiger charge is 2.21. The number of halogens is 1. The van der Waals surface area contributed by atoms with Gasteiger partial charge < -0.3 is 11.1 Å². The Hall–Kier alpha value is -1.81. The Balaban J connectivity index is 2.38. The van der Waals surface area contributed by atoms with Gasteiger partial charge in [0.2, 0.25) is 5.91 Å². The molecule has 0 aliphatic carbocycles. The first-order valence-electron chi connectivity index (χ1n) is 5.98. The molecule has 0 radical (unpaired) electrons. The lowest BCUT2D eigenvalue weighted by atomic mass is 9.99. The fourth-order valence-electron chi connectivity index (χ4n) is 2.07. The third-order valence-electron chi connectivity index (χ3n) is 2.79. The van der Waals surface area contributed by atoms with E-state index in [4.69, 9.17) is 17.3 Å². The lowest BCUT2D eigenvalue weighted by molar-refractivity contribution is -0.118. The van der Waals surface area contributed by atoms with Gasteiger partial charge in [-0.1, -0.05) is 11.6 Å². The SMILES string of the molecule is CC(C)(CC(N)=O)Nc1ccnc2cc(Cl)ccc12. The molecular weight excluding hydrogens is 262 g/mol. The summed E-state index contributed by atoms with van der Waals surface area (Å²) in [6.07, 6.45) is 1.96. The van der Waals surface area contributed by atoms with Gasteiger partial charge in [0.1, 0.15) is 0 Å². The van der Waals surface area contributed by atoms with Crippen LogP contribution in [0.15, 0.2) is 30.5 Å². The van der Waals surface area contributed by atoms with E-state index in [1.54, 1.807) is 6.20 Å². The normalized spacial score (nSPS) is 11.5. The first-order chi connectivity index (χ1) is 8.87. The second kappa shape index (κ2) is 5.05. The lowest BCUT2D eigenvalue weighted by Crippen LogP contribution is -2.36. The van der Waals surface area contributed by atoms with Crippen molar-refractivity contribution in [1.29, 1.82) is 0 Å². The van der Waals surface area contributed by atoms with Crippen LogP contribution in [-0.4, -0.2) is 16.4 Å². The van der Waals surface area contributed by atoms with Gasteiger partial charge in [0.25, 0.3) is 0 Å². The van der Waals surface area contributed by atoms with Crippen LogP contribution in [-0.2, 0) is 4.79 Å². The van der Waals surface area contributed by atoms with Crippen LogP contribution in [0.3, 0.4) is 0 Å². The number of nitrogens with two attached hydrogens (primary N) is 1. The number of fused-ring (bicyclic) bond motifs is 1. The standard InChI is InChI=1S/C14H16ClN3O/c1-14(2,8-13(16)19)18-11-5-6-17-12-7-9(15)3-4-10(11)12/h3-7H,8H2,1-2H3,(H2,16,19)(H,17,18). The molecule has 0 aliphatic heterocycles. The Bertz CT molecular complexity index is 625. The van der Waals surface area contributed by atoms with Gasteiger partial charge >= 0.3 is 0 Å². The molecule has 2 rings (SSSR count). The van der Waals surface area contributed by atoms with Gasteiger partial charge in [-0.05, 0) is 38.1 Å². The molecule has 19 heavy (non-hydrogen) atoms. The van der Waals surface area contributed by atoms with Crippen molar-refractivity contribution >= 4 is 34.1 Å². The third kappa shape index (κ3) is 3.35. The largest absolute Gasteiger partial charge is 0.379 e. The highest BCUT2D eigenvalue weighted by atomic mass is 35.5. The Morgan fingerprint density at radius 1 is 1.42 bits per heavy atom. The molecule has 5 heteroatoms. The zero-order chi connectivity index (χ0) is 14.0. The number of carbonyl (C=O) groups is 1. The fourth-order valence-corrected chi connectivity index (χ4v) is 2.24. The molecule has 0 saturated heterocycles. The number of nitrogens with one attached hydrogen (secondary N) is 1. The molecule has 0 atom stereocenters. The van der Waals surface area contributed by atoms with E-state index in [2.05, 4.69) is 10.3 Å². The van der Waals surface area contributed by atoms with Crippen LogP contribution in [0.4, 0.5) is 5.69 Å². The number of primary amides is 1. The minimum Gasteiger partial charge on any atom is -0.379 e. The van der Waals surface area contributed by atoms with Crippen molar-refractivity contribution in [3.8, 4) is 0 Å². The number of anilines is 1. The van der Waals surface area contributed by atoms with Crippen LogP contribution in [0, 0.1) is 0 Å².